The number of hydrogen-bond acceptors (Lipinski definition) is 6. The lowest BCUT2D eigenvalue weighted by Gasteiger charge is -2.20. The third kappa shape index (κ3) is 5.88. The van der Waals surface area contributed by atoms with Crippen LogP contribution in [0.2, 0.25) is 0 Å². The Kier molecular flexibility index (Phi) is 7.69. The van der Waals surface area contributed by atoms with Crippen molar-refractivity contribution in [1.82, 2.24) is 14.0 Å². The van der Waals surface area contributed by atoms with Crippen molar-refractivity contribution in [1.29, 1.82) is 0 Å². The van der Waals surface area contributed by atoms with E-state index in [2.05, 4.69) is 22.2 Å². The minimum absolute atomic E-state index is 0.0977. The monoisotopic (exact) mass is 558 g/mol. The maximum absolute atomic E-state index is 13.1. The van der Waals surface area contributed by atoms with E-state index in [0.29, 0.717) is 59.2 Å². The Hall–Kier alpha value is -4.80. The molecule has 4 heterocycles. The molecule has 41 heavy (non-hydrogen) atoms. The van der Waals surface area contributed by atoms with Gasteiger partial charge in [-0.05, 0) is 38.0 Å². The van der Waals surface area contributed by atoms with Gasteiger partial charge in [0.05, 0.1) is 42.4 Å². The van der Waals surface area contributed by atoms with Crippen LogP contribution in [0.4, 0.5) is 17.1 Å². The van der Waals surface area contributed by atoms with E-state index in [-0.39, 0.29) is 36.8 Å². The van der Waals surface area contributed by atoms with Gasteiger partial charge in [0, 0.05) is 57.4 Å². The Morgan fingerprint density at radius 2 is 1.83 bits per heavy atom. The molecule has 2 aromatic heterocycles. The van der Waals surface area contributed by atoms with Crippen LogP contribution in [0, 0.1) is 6.92 Å². The van der Waals surface area contributed by atoms with Crippen LogP contribution in [0.1, 0.15) is 45.8 Å². The molecule has 214 valence electrons. The molecule has 0 radical (unpaired) electrons. The second kappa shape index (κ2) is 11.4. The minimum atomic E-state index is -0.265. The molecule has 5 rings (SSSR count). The van der Waals surface area contributed by atoms with Crippen molar-refractivity contribution >= 4 is 41.0 Å². The number of fused-ring (bicyclic) bond motifs is 2. The van der Waals surface area contributed by atoms with Crippen molar-refractivity contribution in [3.05, 3.63) is 65.8 Å². The highest BCUT2D eigenvalue weighted by Gasteiger charge is 2.34. The summed E-state index contributed by atoms with van der Waals surface area (Å²) in [6.07, 6.45) is 6.68. The average molecular weight is 559 g/mol. The van der Waals surface area contributed by atoms with Crippen LogP contribution in [0.15, 0.2) is 53.8 Å². The Morgan fingerprint density at radius 1 is 1.07 bits per heavy atom. The van der Waals surface area contributed by atoms with Gasteiger partial charge in [0.1, 0.15) is 5.69 Å². The maximum atomic E-state index is 13.1. The van der Waals surface area contributed by atoms with E-state index < -0.39 is 0 Å². The molecule has 0 spiro atoms. The normalized spacial score (nSPS) is 15.8. The lowest BCUT2D eigenvalue weighted by atomic mass is 10.1. The van der Waals surface area contributed by atoms with Crippen LogP contribution in [0.5, 0.6) is 11.5 Å². The van der Waals surface area contributed by atoms with Crippen LogP contribution >= 0.6 is 0 Å². The van der Waals surface area contributed by atoms with Gasteiger partial charge in [0.2, 0.25) is 5.91 Å². The molecule has 1 fully saturated rings. The number of carbonyl (C=O) groups is 3. The Bertz CT molecular complexity index is 1550. The molecule has 0 aliphatic carbocycles. The van der Waals surface area contributed by atoms with Gasteiger partial charge in [-0.2, -0.15) is 0 Å². The number of benzene rings is 1. The summed E-state index contributed by atoms with van der Waals surface area (Å²) in [7, 11) is 5.18. The molecular weight excluding hydrogens is 524 g/mol. The van der Waals surface area contributed by atoms with E-state index in [4.69, 9.17) is 9.47 Å². The summed E-state index contributed by atoms with van der Waals surface area (Å²) in [5, 5.41) is 5.72. The molecule has 3 aromatic rings. The molecule has 1 atom stereocenters. The fraction of sp³-hybridized carbons (Fsp3) is 0.333. The fourth-order valence-corrected chi connectivity index (χ4v) is 5.04. The zero-order valence-corrected chi connectivity index (χ0v) is 23.7. The van der Waals surface area contributed by atoms with Gasteiger partial charge in [-0.3, -0.25) is 19.4 Å². The number of anilines is 2. The zero-order valence-electron chi connectivity index (χ0n) is 23.7. The fourth-order valence-electron chi connectivity index (χ4n) is 5.04. The quantitative estimate of drug-likeness (QED) is 0.301. The lowest BCUT2D eigenvalue weighted by molar-refractivity contribution is -0.116. The van der Waals surface area contributed by atoms with Gasteiger partial charge < -0.3 is 34.1 Å². The molecule has 0 unspecified atom stereocenters. The highest BCUT2D eigenvalue weighted by molar-refractivity contribution is 6.05. The smallest absolute Gasteiger partial charge is 0.272 e. The summed E-state index contributed by atoms with van der Waals surface area (Å²) in [5.41, 5.74) is 4.68. The van der Waals surface area contributed by atoms with E-state index in [1.54, 1.807) is 47.1 Å². The van der Waals surface area contributed by atoms with Crippen molar-refractivity contribution < 1.29 is 23.9 Å². The summed E-state index contributed by atoms with van der Waals surface area (Å²) < 4.78 is 15.0. The molecule has 2 aliphatic heterocycles. The second-order valence-electron chi connectivity index (χ2n) is 10.4. The number of aryl methyl sites for hydroxylation is 3. The number of methoxy groups -OCH3 is 1. The van der Waals surface area contributed by atoms with E-state index in [1.165, 1.54) is 7.11 Å². The van der Waals surface area contributed by atoms with Crippen molar-refractivity contribution in [2.24, 2.45) is 19.1 Å². The first-order chi connectivity index (χ1) is 19.6. The summed E-state index contributed by atoms with van der Waals surface area (Å²) in [6, 6.07) is 6.79. The maximum Gasteiger partial charge on any atom is 0.272 e. The number of carbonyl (C=O) groups excluding carboxylic acids is 3. The van der Waals surface area contributed by atoms with Crippen LogP contribution in [-0.4, -0.2) is 64.3 Å². The molecule has 2 aliphatic rings. The SMILES string of the molecule is C=C1C[C@@H]2C=Nc3cc(OCCCC(=O)Nc4cc(C(=O)Nc5cc(C)n(C)c5)n(C)c4)c(OC)cc3C(=O)N2C1. The number of hydrogen-bond donors (Lipinski definition) is 2. The molecular formula is C30H34N6O5. The van der Waals surface area contributed by atoms with E-state index in [0.717, 1.165) is 11.3 Å². The van der Waals surface area contributed by atoms with Crippen LogP contribution in [-0.2, 0) is 18.9 Å². The Labute approximate surface area is 238 Å². The minimum Gasteiger partial charge on any atom is -0.493 e. The van der Waals surface area contributed by atoms with Crippen molar-refractivity contribution in [3.63, 3.8) is 0 Å². The number of nitrogens with zero attached hydrogens (tertiary/aromatic N) is 4. The predicted molar refractivity (Wildman–Crippen MR) is 157 cm³/mol. The standard InChI is InChI=1S/C30H34N6O5/c1-18-9-22-14-31-24-13-27(26(40-5)12-23(24)30(39)36(22)15-18)41-8-6-7-28(37)32-21-11-25(35(4)17-21)29(38)33-20-10-19(2)34(3)16-20/h10-14,16-17,22H,1,6-9,15H2,2-5H3,(H,32,37)(H,33,38)/t22-/m1/s1. The zero-order chi connectivity index (χ0) is 29.3. The summed E-state index contributed by atoms with van der Waals surface area (Å²) in [5.74, 6) is 0.304. The highest BCUT2D eigenvalue weighted by Crippen LogP contribution is 2.38. The number of amides is 3. The third-order valence-corrected chi connectivity index (χ3v) is 7.29. The van der Waals surface area contributed by atoms with E-state index in [9.17, 15) is 14.4 Å². The first-order valence-electron chi connectivity index (χ1n) is 13.4. The number of rotatable bonds is 9. The Morgan fingerprint density at radius 3 is 2.56 bits per heavy atom. The van der Waals surface area contributed by atoms with Crippen LogP contribution in [0.3, 0.4) is 0 Å². The van der Waals surface area contributed by atoms with Gasteiger partial charge >= 0.3 is 0 Å². The molecule has 1 saturated heterocycles. The largest absolute Gasteiger partial charge is 0.493 e. The number of nitrogens with one attached hydrogen (secondary N) is 2. The first-order valence-corrected chi connectivity index (χ1v) is 13.4. The highest BCUT2D eigenvalue weighted by atomic mass is 16.5. The van der Waals surface area contributed by atoms with Gasteiger partial charge in [0.25, 0.3) is 11.8 Å². The van der Waals surface area contributed by atoms with Gasteiger partial charge in [0.15, 0.2) is 11.5 Å². The second-order valence-corrected chi connectivity index (χ2v) is 10.4. The molecule has 11 heteroatoms. The molecule has 0 saturated carbocycles. The Balaban J connectivity index is 1.15. The summed E-state index contributed by atoms with van der Waals surface area (Å²) in [6.45, 7) is 6.74. The number of aliphatic imine (C=N–C) groups is 1. The topological polar surface area (TPSA) is 119 Å². The van der Waals surface area contributed by atoms with E-state index in [1.807, 2.05) is 30.8 Å². The number of ether oxygens (including phenoxy) is 2. The van der Waals surface area contributed by atoms with Gasteiger partial charge in [-0.25, -0.2) is 0 Å². The summed E-state index contributed by atoms with van der Waals surface area (Å²) >= 11 is 0. The van der Waals surface area contributed by atoms with Gasteiger partial charge in [-0.1, -0.05) is 12.2 Å². The van der Waals surface area contributed by atoms with Gasteiger partial charge in [-0.15, -0.1) is 0 Å². The van der Waals surface area contributed by atoms with Crippen molar-refractivity contribution in [3.8, 4) is 11.5 Å². The van der Waals surface area contributed by atoms with Crippen LogP contribution in [0.25, 0.3) is 0 Å². The van der Waals surface area contributed by atoms with Crippen molar-refractivity contribution in [2.75, 3.05) is 30.9 Å². The molecule has 0 bridgehead atoms. The third-order valence-electron chi connectivity index (χ3n) is 7.29. The lowest BCUT2D eigenvalue weighted by Crippen LogP contribution is -2.35. The van der Waals surface area contributed by atoms with E-state index >= 15 is 0 Å². The van der Waals surface area contributed by atoms with Crippen molar-refractivity contribution in [2.45, 2.75) is 32.2 Å². The molecule has 3 amide bonds. The van der Waals surface area contributed by atoms with Crippen LogP contribution < -0.4 is 20.1 Å². The predicted octanol–water partition coefficient (Wildman–Crippen LogP) is 4.22. The molecule has 1 aromatic carbocycles. The molecule has 11 nitrogen and oxygen atoms in total. The number of aromatic nitrogens is 2. The average Bonchev–Trinajstić information content (AvgIpc) is 3.57. The molecule has 2 N–H and O–H groups in total. The first kappa shape index (κ1) is 27.8. The summed E-state index contributed by atoms with van der Waals surface area (Å²) in [4.78, 5) is 44.7.